The third kappa shape index (κ3) is 1.45. The van der Waals surface area contributed by atoms with E-state index in [4.69, 9.17) is 11.5 Å². The van der Waals surface area contributed by atoms with Crippen LogP contribution in [0.15, 0.2) is 11.3 Å². The smallest absolute Gasteiger partial charge is 0.00804 e. The summed E-state index contributed by atoms with van der Waals surface area (Å²) in [5.41, 5.74) is 13.7. The molecule has 0 aromatic carbocycles. The van der Waals surface area contributed by atoms with E-state index in [-0.39, 0.29) is 0 Å². The van der Waals surface area contributed by atoms with Crippen molar-refractivity contribution in [2.45, 2.75) is 32.2 Å². The van der Waals surface area contributed by atoms with Gasteiger partial charge in [0, 0.05) is 11.7 Å². The maximum atomic E-state index is 5.70. The zero-order chi connectivity index (χ0) is 6.85. The van der Waals surface area contributed by atoms with Crippen molar-refractivity contribution in [2.24, 2.45) is 11.5 Å². The lowest BCUT2D eigenvalue weighted by molar-refractivity contribution is 0.566. The van der Waals surface area contributed by atoms with Gasteiger partial charge in [-0.15, -0.1) is 0 Å². The summed E-state index contributed by atoms with van der Waals surface area (Å²) in [6, 6.07) is 0.359. The SMILES string of the molecule is CC1=C(N)CC[C@H](N)C1. The Hall–Kier alpha value is -0.500. The van der Waals surface area contributed by atoms with Crippen LogP contribution in [0, 0.1) is 0 Å². The van der Waals surface area contributed by atoms with Gasteiger partial charge in [-0.3, -0.25) is 0 Å². The summed E-state index contributed by atoms with van der Waals surface area (Å²) < 4.78 is 0. The van der Waals surface area contributed by atoms with Gasteiger partial charge in [-0.05, 0) is 26.2 Å². The lowest BCUT2D eigenvalue weighted by Crippen LogP contribution is -2.25. The second-order valence-corrected chi connectivity index (χ2v) is 2.81. The van der Waals surface area contributed by atoms with E-state index in [9.17, 15) is 0 Å². The molecule has 2 nitrogen and oxygen atoms in total. The molecule has 0 heterocycles. The lowest BCUT2D eigenvalue weighted by atomic mass is 9.94. The topological polar surface area (TPSA) is 52.0 Å². The standard InChI is InChI=1S/C7H14N2/c1-5-4-6(8)2-3-7(5)9/h6H,2-4,8-9H2,1H3/t6-/m0/s1. The van der Waals surface area contributed by atoms with Crippen LogP contribution < -0.4 is 11.5 Å². The van der Waals surface area contributed by atoms with Crippen LogP contribution >= 0.6 is 0 Å². The van der Waals surface area contributed by atoms with Gasteiger partial charge >= 0.3 is 0 Å². The Morgan fingerprint density at radius 2 is 2.22 bits per heavy atom. The summed E-state index contributed by atoms with van der Waals surface area (Å²) in [6.07, 6.45) is 3.04. The van der Waals surface area contributed by atoms with Crippen LogP contribution in [0.25, 0.3) is 0 Å². The predicted octanol–water partition coefficient (Wildman–Crippen LogP) is 0.730. The largest absolute Gasteiger partial charge is 0.402 e. The van der Waals surface area contributed by atoms with Gasteiger partial charge in [0.1, 0.15) is 0 Å². The highest BCUT2D eigenvalue weighted by molar-refractivity contribution is 5.13. The molecule has 0 bridgehead atoms. The quantitative estimate of drug-likeness (QED) is 0.502. The van der Waals surface area contributed by atoms with Gasteiger partial charge in [0.2, 0.25) is 0 Å². The number of nitrogens with two attached hydrogens (primary N) is 2. The minimum absolute atomic E-state index is 0.359. The summed E-state index contributed by atoms with van der Waals surface area (Å²) in [5, 5.41) is 0. The van der Waals surface area contributed by atoms with E-state index in [0.717, 1.165) is 25.0 Å². The summed E-state index contributed by atoms with van der Waals surface area (Å²) in [7, 11) is 0. The van der Waals surface area contributed by atoms with E-state index < -0.39 is 0 Å². The molecule has 1 rings (SSSR count). The first-order chi connectivity index (χ1) is 4.20. The number of allylic oxidation sites excluding steroid dienone is 1. The van der Waals surface area contributed by atoms with Crippen molar-refractivity contribution in [3.05, 3.63) is 11.3 Å². The zero-order valence-electron chi connectivity index (χ0n) is 5.85. The first kappa shape index (κ1) is 6.62. The van der Waals surface area contributed by atoms with Crippen molar-refractivity contribution < 1.29 is 0 Å². The molecule has 9 heavy (non-hydrogen) atoms. The van der Waals surface area contributed by atoms with Crippen LogP contribution in [-0.4, -0.2) is 6.04 Å². The normalized spacial score (nSPS) is 28.9. The first-order valence-electron chi connectivity index (χ1n) is 3.40. The highest BCUT2D eigenvalue weighted by atomic mass is 14.7. The van der Waals surface area contributed by atoms with Gasteiger partial charge in [0.25, 0.3) is 0 Å². The molecule has 0 saturated carbocycles. The zero-order valence-corrected chi connectivity index (χ0v) is 5.85. The Morgan fingerprint density at radius 3 is 2.67 bits per heavy atom. The molecule has 0 saturated heterocycles. The van der Waals surface area contributed by atoms with Gasteiger partial charge in [-0.2, -0.15) is 0 Å². The van der Waals surface area contributed by atoms with Crippen LogP contribution in [0.2, 0.25) is 0 Å². The van der Waals surface area contributed by atoms with Crippen LogP contribution in [0.4, 0.5) is 0 Å². The van der Waals surface area contributed by atoms with E-state index in [1.165, 1.54) is 5.57 Å². The molecule has 0 fully saturated rings. The minimum atomic E-state index is 0.359. The predicted molar refractivity (Wildman–Crippen MR) is 38.7 cm³/mol. The second-order valence-electron chi connectivity index (χ2n) is 2.81. The van der Waals surface area contributed by atoms with Gasteiger partial charge in [0.05, 0.1) is 0 Å². The van der Waals surface area contributed by atoms with Crippen molar-refractivity contribution in [1.82, 2.24) is 0 Å². The average molecular weight is 126 g/mol. The maximum Gasteiger partial charge on any atom is 0.00804 e. The number of hydrogen-bond donors (Lipinski definition) is 2. The molecule has 1 aliphatic rings. The van der Waals surface area contributed by atoms with Crippen molar-refractivity contribution in [1.29, 1.82) is 0 Å². The molecular formula is C7H14N2. The van der Waals surface area contributed by atoms with Gasteiger partial charge in [-0.25, -0.2) is 0 Å². The Labute approximate surface area is 55.9 Å². The minimum Gasteiger partial charge on any atom is -0.402 e. The fourth-order valence-electron chi connectivity index (χ4n) is 1.18. The van der Waals surface area contributed by atoms with E-state index in [1.807, 2.05) is 0 Å². The Balaban J connectivity index is 2.61. The summed E-state index contributed by atoms with van der Waals surface area (Å²) >= 11 is 0. The molecule has 52 valence electrons. The highest BCUT2D eigenvalue weighted by Crippen LogP contribution is 2.19. The Morgan fingerprint density at radius 1 is 1.56 bits per heavy atom. The molecule has 1 atom stereocenters. The molecule has 0 unspecified atom stereocenters. The second kappa shape index (κ2) is 2.40. The molecule has 0 radical (unpaired) electrons. The van der Waals surface area contributed by atoms with E-state index in [0.29, 0.717) is 6.04 Å². The third-order valence-corrected chi connectivity index (χ3v) is 1.90. The first-order valence-corrected chi connectivity index (χ1v) is 3.40. The van der Waals surface area contributed by atoms with Gasteiger partial charge in [-0.1, -0.05) is 5.57 Å². The van der Waals surface area contributed by atoms with Crippen LogP contribution in [0.3, 0.4) is 0 Å². The van der Waals surface area contributed by atoms with E-state index >= 15 is 0 Å². The molecule has 0 aromatic rings. The monoisotopic (exact) mass is 126 g/mol. The van der Waals surface area contributed by atoms with Gasteiger partial charge < -0.3 is 11.5 Å². The third-order valence-electron chi connectivity index (χ3n) is 1.90. The molecule has 2 heteroatoms. The van der Waals surface area contributed by atoms with Crippen molar-refractivity contribution in [3.8, 4) is 0 Å². The Kier molecular flexibility index (Phi) is 1.76. The number of hydrogen-bond acceptors (Lipinski definition) is 2. The molecule has 0 amide bonds. The summed E-state index contributed by atoms with van der Waals surface area (Å²) in [4.78, 5) is 0. The summed E-state index contributed by atoms with van der Waals surface area (Å²) in [6.45, 7) is 2.06. The number of rotatable bonds is 0. The van der Waals surface area contributed by atoms with Crippen LogP contribution in [0.5, 0.6) is 0 Å². The van der Waals surface area contributed by atoms with E-state index in [1.54, 1.807) is 0 Å². The molecule has 0 spiro atoms. The van der Waals surface area contributed by atoms with E-state index in [2.05, 4.69) is 6.92 Å². The maximum absolute atomic E-state index is 5.70. The highest BCUT2D eigenvalue weighted by Gasteiger charge is 2.11. The Bertz CT molecular complexity index is 138. The van der Waals surface area contributed by atoms with Crippen molar-refractivity contribution in [2.75, 3.05) is 0 Å². The van der Waals surface area contributed by atoms with Gasteiger partial charge in [0.15, 0.2) is 0 Å². The lowest BCUT2D eigenvalue weighted by Gasteiger charge is -2.19. The summed E-state index contributed by atoms with van der Waals surface area (Å²) in [5.74, 6) is 0. The molecule has 0 aliphatic heterocycles. The molecule has 0 aromatic heterocycles. The molecular weight excluding hydrogens is 112 g/mol. The van der Waals surface area contributed by atoms with Crippen molar-refractivity contribution in [3.63, 3.8) is 0 Å². The van der Waals surface area contributed by atoms with Crippen LogP contribution in [-0.2, 0) is 0 Å². The fourth-order valence-corrected chi connectivity index (χ4v) is 1.18. The average Bonchev–Trinajstić information content (AvgIpc) is 1.80. The molecule has 4 N–H and O–H groups in total. The fraction of sp³-hybridized carbons (Fsp3) is 0.714. The van der Waals surface area contributed by atoms with Crippen molar-refractivity contribution >= 4 is 0 Å². The van der Waals surface area contributed by atoms with Crippen LogP contribution in [0.1, 0.15) is 26.2 Å². The molecule has 1 aliphatic carbocycles.